The van der Waals surface area contributed by atoms with E-state index in [1.807, 2.05) is 0 Å². The zero-order valence-corrected chi connectivity index (χ0v) is 23.2. The molecule has 0 aliphatic rings. The number of nitro groups is 1. The number of esters is 2. The quantitative estimate of drug-likeness (QED) is 0.0447. The summed E-state index contributed by atoms with van der Waals surface area (Å²) < 4.78 is 96.0. The highest BCUT2D eigenvalue weighted by Crippen LogP contribution is 2.36. The molecule has 0 amide bonds. The topological polar surface area (TPSA) is 142 Å². The van der Waals surface area contributed by atoms with Gasteiger partial charge in [0.15, 0.2) is 0 Å². The van der Waals surface area contributed by atoms with E-state index >= 15 is 0 Å². The SMILES string of the molecule is O=C(OCCOCCOCCOCCOCCOCCOC(=O)C(F)(F)C(F)(F)F)c1ccc(CBr)c([N+](=O)[O-])c1. The molecule has 1 aromatic carbocycles. The number of rotatable bonds is 22. The van der Waals surface area contributed by atoms with E-state index in [9.17, 15) is 41.7 Å². The number of alkyl halides is 6. The lowest BCUT2D eigenvalue weighted by atomic mass is 10.1. The fourth-order valence-corrected chi connectivity index (χ4v) is 3.11. The van der Waals surface area contributed by atoms with Gasteiger partial charge in [-0.3, -0.25) is 10.1 Å². The molecule has 41 heavy (non-hydrogen) atoms. The molecule has 0 radical (unpaired) electrons. The van der Waals surface area contributed by atoms with Gasteiger partial charge in [-0.25, -0.2) is 9.59 Å². The Morgan fingerprint density at radius 3 is 1.54 bits per heavy atom. The Kier molecular flexibility index (Phi) is 17.4. The molecule has 0 fully saturated rings. The van der Waals surface area contributed by atoms with Gasteiger partial charge in [-0.05, 0) is 6.07 Å². The number of hydrogen-bond acceptors (Lipinski definition) is 11. The largest absolute Gasteiger partial charge is 0.465 e. The lowest BCUT2D eigenvalue weighted by Crippen LogP contribution is -2.45. The summed E-state index contributed by atoms with van der Waals surface area (Å²) in [6.45, 7) is 0.446. The Morgan fingerprint density at radius 1 is 0.732 bits per heavy atom. The number of nitro benzene ring substituents is 1. The Labute approximate surface area is 239 Å². The van der Waals surface area contributed by atoms with Crippen LogP contribution in [-0.2, 0) is 43.3 Å². The third-order valence-corrected chi connectivity index (χ3v) is 5.29. The maximum atomic E-state index is 12.6. The van der Waals surface area contributed by atoms with Crippen LogP contribution < -0.4 is 0 Å². The molecule has 12 nitrogen and oxygen atoms in total. The van der Waals surface area contributed by atoms with E-state index in [-0.39, 0.29) is 89.3 Å². The maximum absolute atomic E-state index is 12.6. The predicted octanol–water partition coefficient (Wildman–Crippen LogP) is 3.47. The molecule has 1 aromatic rings. The highest BCUT2D eigenvalue weighted by Gasteiger charge is 2.64. The monoisotopic (exact) mass is 669 g/mol. The first kappa shape index (κ1) is 36.5. The molecule has 0 aliphatic heterocycles. The van der Waals surface area contributed by atoms with Crippen LogP contribution >= 0.6 is 15.9 Å². The zero-order chi connectivity index (χ0) is 30.7. The van der Waals surface area contributed by atoms with Crippen molar-refractivity contribution in [3.05, 3.63) is 39.4 Å². The van der Waals surface area contributed by atoms with Gasteiger partial charge in [-0.15, -0.1) is 0 Å². The summed E-state index contributed by atoms with van der Waals surface area (Å²) in [4.78, 5) is 33.3. The molecular weight excluding hydrogens is 641 g/mol. The zero-order valence-electron chi connectivity index (χ0n) is 21.6. The Bertz CT molecular complexity index is 953. The van der Waals surface area contributed by atoms with Gasteiger partial charge in [0, 0.05) is 17.0 Å². The van der Waals surface area contributed by atoms with Crippen LogP contribution in [0, 0.1) is 10.1 Å². The number of ether oxygens (including phenoxy) is 7. The standard InChI is InChI=1S/C23H29BrF5NO11/c24-16-18-2-1-17(15-19(18)30(33)34)20(31)40-13-11-38-9-7-36-5-3-35-4-6-37-8-10-39-12-14-41-21(32)22(25,26)23(27,28)29/h1-2,15H,3-14,16H2. The molecule has 0 heterocycles. The van der Waals surface area contributed by atoms with Crippen LogP contribution in [0.15, 0.2) is 18.2 Å². The Morgan fingerprint density at radius 2 is 1.15 bits per heavy atom. The average Bonchev–Trinajstić information content (AvgIpc) is 2.92. The van der Waals surface area contributed by atoms with Crippen molar-refractivity contribution in [3.63, 3.8) is 0 Å². The first-order chi connectivity index (χ1) is 19.4. The summed E-state index contributed by atoms with van der Waals surface area (Å²) in [5.74, 6) is -8.98. The van der Waals surface area contributed by atoms with Gasteiger partial charge in [0.1, 0.15) is 13.2 Å². The smallest absolute Gasteiger partial charge is 0.460 e. The molecule has 0 spiro atoms. The summed E-state index contributed by atoms with van der Waals surface area (Å²) in [5.41, 5.74) is 0.316. The van der Waals surface area contributed by atoms with Gasteiger partial charge in [0.2, 0.25) is 0 Å². The highest BCUT2D eigenvalue weighted by molar-refractivity contribution is 9.08. The normalized spacial score (nSPS) is 11.9. The molecule has 0 saturated carbocycles. The Hall–Kier alpha value is -2.51. The molecule has 18 heteroatoms. The summed E-state index contributed by atoms with van der Waals surface area (Å²) in [5, 5.41) is 11.4. The lowest BCUT2D eigenvalue weighted by Gasteiger charge is -2.17. The molecule has 0 unspecified atom stereocenters. The summed E-state index contributed by atoms with van der Waals surface area (Å²) in [6.07, 6.45) is -6.03. The molecule has 0 saturated heterocycles. The van der Waals surface area contributed by atoms with Crippen LogP contribution in [0.1, 0.15) is 15.9 Å². The molecule has 0 N–H and O–H groups in total. The van der Waals surface area contributed by atoms with Crippen LogP contribution in [0.4, 0.5) is 27.6 Å². The third-order valence-electron chi connectivity index (χ3n) is 4.68. The summed E-state index contributed by atoms with van der Waals surface area (Å²) in [6, 6.07) is 4.08. The first-order valence-electron chi connectivity index (χ1n) is 11.9. The van der Waals surface area contributed by atoms with E-state index in [0.29, 0.717) is 5.56 Å². The highest BCUT2D eigenvalue weighted by atomic mass is 79.9. The van der Waals surface area contributed by atoms with Gasteiger partial charge < -0.3 is 33.2 Å². The van der Waals surface area contributed by atoms with Crippen LogP contribution in [0.25, 0.3) is 0 Å². The van der Waals surface area contributed by atoms with Crippen LogP contribution in [-0.4, -0.2) is 108 Å². The molecule has 234 valence electrons. The molecule has 0 aromatic heterocycles. The number of carbonyl (C=O) groups excluding carboxylic acids is 2. The second kappa shape index (κ2) is 19.6. The minimum absolute atomic E-state index is 0.0114. The van der Waals surface area contributed by atoms with Gasteiger partial charge in [0.05, 0.1) is 76.6 Å². The van der Waals surface area contributed by atoms with Crippen molar-refractivity contribution < 1.29 is 69.6 Å². The van der Waals surface area contributed by atoms with E-state index in [2.05, 4.69) is 20.7 Å². The molecule has 0 aliphatic carbocycles. The van der Waals surface area contributed by atoms with Gasteiger partial charge in [-0.1, -0.05) is 22.0 Å². The van der Waals surface area contributed by atoms with E-state index in [1.165, 1.54) is 12.1 Å². The maximum Gasteiger partial charge on any atom is 0.465 e. The number of halogens is 6. The molecule has 0 bridgehead atoms. The van der Waals surface area contributed by atoms with Crippen molar-refractivity contribution in [1.29, 1.82) is 0 Å². The van der Waals surface area contributed by atoms with Crippen molar-refractivity contribution in [2.75, 3.05) is 79.3 Å². The molecule has 0 atom stereocenters. The van der Waals surface area contributed by atoms with Crippen LogP contribution in [0.5, 0.6) is 0 Å². The van der Waals surface area contributed by atoms with Gasteiger partial charge >= 0.3 is 24.0 Å². The number of hydrogen-bond donors (Lipinski definition) is 0. The van der Waals surface area contributed by atoms with Crippen LogP contribution in [0.3, 0.4) is 0 Å². The first-order valence-corrected chi connectivity index (χ1v) is 13.0. The molecule has 1 rings (SSSR count). The second-order valence-electron chi connectivity index (χ2n) is 7.64. The minimum atomic E-state index is -6.03. The van der Waals surface area contributed by atoms with Crippen molar-refractivity contribution in [2.24, 2.45) is 0 Å². The fourth-order valence-electron chi connectivity index (χ4n) is 2.63. The predicted molar refractivity (Wildman–Crippen MR) is 132 cm³/mol. The van der Waals surface area contributed by atoms with Crippen molar-refractivity contribution in [1.82, 2.24) is 0 Å². The lowest BCUT2D eigenvalue weighted by molar-refractivity contribution is -0.385. The summed E-state index contributed by atoms with van der Waals surface area (Å²) in [7, 11) is 0. The van der Waals surface area contributed by atoms with Crippen LogP contribution in [0.2, 0.25) is 0 Å². The summed E-state index contributed by atoms with van der Waals surface area (Å²) >= 11 is 3.15. The van der Waals surface area contributed by atoms with E-state index < -0.39 is 35.6 Å². The number of carbonyl (C=O) groups is 2. The second-order valence-corrected chi connectivity index (χ2v) is 8.20. The average molecular weight is 670 g/mol. The van der Waals surface area contributed by atoms with Crippen molar-refractivity contribution >= 4 is 33.6 Å². The van der Waals surface area contributed by atoms with Crippen molar-refractivity contribution in [2.45, 2.75) is 17.4 Å². The van der Waals surface area contributed by atoms with Gasteiger partial charge in [0.25, 0.3) is 5.69 Å². The number of nitrogens with zero attached hydrogens (tertiary/aromatic N) is 1. The minimum Gasteiger partial charge on any atom is -0.460 e. The van der Waals surface area contributed by atoms with Gasteiger partial charge in [-0.2, -0.15) is 22.0 Å². The molecular formula is C23H29BrF5NO11. The Balaban J connectivity index is 1.91. The third kappa shape index (κ3) is 14.3. The van der Waals surface area contributed by atoms with E-state index in [1.54, 1.807) is 0 Å². The van der Waals surface area contributed by atoms with E-state index in [0.717, 1.165) is 6.07 Å². The fraction of sp³-hybridized carbons (Fsp3) is 0.652. The number of benzene rings is 1. The van der Waals surface area contributed by atoms with Crippen molar-refractivity contribution in [3.8, 4) is 0 Å². The van der Waals surface area contributed by atoms with E-state index in [4.69, 9.17) is 28.4 Å².